The summed E-state index contributed by atoms with van der Waals surface area (Å²) >= 11 is 0. The summed E-state index contributed by atoms with van der Waals surface area (Å²) in [7, 11) is 0. The van der Waals surface area contributed by atoms with Crippen LogP contribution in [0, 0.1) is 0 Å². The van der Waals surface area contributed by atoms with E-state index in [0.717, 1.165) is 49.7 Å². The van der Waals surface area contributed by atoms with Crippen molar-refractivity contribution in [3.05, 3.63) is 35.0 Å². The van der Waals surface area contributed by atoms with Gasteiger partial charge in [-0.05, 0) is 25.3 Å². The van der Waals surface area contributed by atoms with Gasteiger partial charge in [0.2, 0.25) is 0 Å². The van der Waals surface area contributed by atoms with Crippen LogP contribution in [-0.4, -0.2) is 43.2 Å². The molecule has 0 saturated heterocycles. The topological polar surface area (TPSA) is 87.5 Å². The number of fused-ring (bicyclic) bond motifs is 1. The molecule has 142 valence electrons. The number of rotatable bonds is 5. The lowest BCUT2D eigenvalue weighted by Gasteiger charge is -2.19. The van der Waals surface area contributed by atoms with Crippen LogP contribution in [0.3, 0.4) is 0 Å². The van der Waals surface area contributed by atoms with Crippen molar-refractivity contribution < 1.29 is 14.7 Å². The molecular formula is C19H28N4O3. The molecule has 0 spiro atoms. The van der Waals surface area contributed by atoms with E-state index in [1.165, 1.54) is 32.1 Å². The zero-order valence-electron chi connectivity index (χ0n) is 15.2. The summed E-state index contributed by atoms with van der Waals surface area (Å²) in [4.78, 5) is 2.33. The van der Waals surface area contributed by atoms with Crippen molar-refractivity contribution in [1.29, 1.82) is 0 Å². The molecule has 7 nitrogen and oxygen atoms in total. The number of aliphatic hydroxyl groups excluding tert-OH is 2. The van der Waals surface area contributed by atoms with Crippen molar-refractivity contribution in [3.8, 4) is 0 Å². The lowest BCUT2D eigenvalue weighted by molar-refractivity contribution is 0.0916. The van der Waals surface area contributed by atoms with Crippen molar-refractivity contribution in [2.75, 3.05) is 13.2 Å². The Balaban J connectivity index is 1.42. The fourth-order valence-corrected chi connectivity index (χ4v) is 4.16. The van der Waals surface area contributed by atoms with E-state index in [1.807, 2.05) is 10.7 Å². The zero-order chi connectivity index (χ0) is 17.9. The highest BCUT2D eigenvalue weighted by atomic mass is 16.5. The molecule has 0 aromatic carbocycles. The summed E-state index contributed by atoms with van der Waals surface area (Å²) in [6.07, 6.45) is 6.48. The molecule has 2 aromatic rings. The first-order chi connectivity index (χ1) is 12.7. The SMILES string of the molecule is OCC(O)c1cc2n(n1)CCCN(Cc1cc(C3CCCCC3)no1)C2. The molecule has 0 amide bonds. The van der Waals surface area contributed by atoms with Crippen molar-refractivity contribution >= 4 is 0 Å². The zero-order valence-corrected chi connectivity index (χ0v) is 15.2. The highest BCUT2D eigenvalue weighted by molar-refractivity contribution is 5.15. The molecule has 1 aliphatic carbocycles. The Morgan fingerprint density at radius 1 is 1.15 bits per heavy atom. The number of aromatic nitrogens is 3. The summed E-state index contributed by atoms with van der Waals surface area (Å²) in [6, 6.07) is 4.03. The van der Waals surface area contributed by atoms with E-state index in [4.69, 9.17) is 9.63 Å². The smallest absolute Gasteiger partial charge is 0.150 e. The highest BCUT2D eigenvalue weighted by Crippen LogP contribution is 2.32. The maximum Gasteiger partial charge on any atom is 0.150 e. The van der Waals surface area contributed by atoms with Gasteiger partial charge in [0, 0.05) is 31.6 Å². The maximum absolute atomic E-state index is 9.81. The molecule has 26 heavy (non-hydrogen) atoms. The molecule has 1 atom stereocenters. The summed E-state index contributed by atoms with van der Waals surface area (Å²) < 4.78 is 7.57. The average Bonchev–Trinajstić information content (AvgIpc) is 3.25. The molecule has 1 aliphatic heterocycles. The normalized spacial score (nSPS) is 20.7. The first kappa shape index (κ1) is 17.7. The minimum absolute atomic E-state index is 0.303. The first-order valence-electron chi connectivity index (χ1n) is 9.76. The second-order valence-electron chi connectivity index (χ2n) is 7.60. The maximum atomic E-state index is 9.81. The molecule has 1 fully saturated rings. The molecule has 0 radical (unpaired) electrons. The number of hydrogen-bond acceptors (Lipinski definition) is 6. The molecule has 4 rings (SSSR count). The van der Waals surface area contributed by atoms with Gasteiger partial charge < -0.3 is 14.7 Å². The van der Waals surface area contributed by atoms with Gasteiger partial charge >= 0.3 is 0 Å². The molecule has 2 aliphatic rings. The molecule has 3 heterocycles. The van der Waals surface area contributed by atoms with Crippen molar-refractivity contribution in [3.63, 3.8) is 0 Å². The van der Waals surface area contributed by atoms with Crippen LogP contribution in [0.25, 0.3) is 0 Å². The minimum atomic E-state index is -0.907. The number of hydrogen-bond donors (Lipinski definition) is 2. The minimum Gasteiger partial charge on any atom is -0.393 e. The van der Waals surface area contributed by atoms with Crippen LogP contribution in [0.4, 0.5) is 0 Å². The van der Waals surface area contributed by atoms with Crippen LogP contribution >= 0.6 is 0 Å². The summed E-state index contributed by atoms with van der Waals surface area (Å²) in [5.74, 6) is 1.49. The Morgan fingerprint density at radius 2 is 2.00 bits per heavy atom. The predicted octanol–water partition coefficient (Wildman–Crippen LogP) is 2.35. The molecular weight excluding hydrogens is 332 g/mol. The Kier molecular flexibility index (Phi) is 5.38. The number of aryl methyl sites for hydroxylation is 1. The van der Waals surface area contributed by atoms with E-state index in [-0.39, 0.29) is 6.61 Å². The van der Waals surface area contributed by atoms with Crippen molar-refractivity contribution in [2.45, 2.75) is 70.2 Å². The number of nitrogens with zero attached hydrogens (tertiary/aromatic N) is 4. The van der Waals surface area contributed by atoms with Crippen molar-refractivity contribution in [1.82, 2.24) is 19.8 Å². The summed E-state index contributed by atoms with van der Waals surface area (Å²) in [6.45, 7) is 2.99. The summed E-state index contributed by atoms with van der Waals surface area (Å²) in [5.41, 5.74) is 2.73. The predicted molar refractivity (Wildman–Crippen MR) is 95.3 cm³/mol. The highest BCUT2D eigenvalue weighted by Gasteiger charge is 2.22. The fraction of sp³-hybridized carbons (Fsp3) is 0.684. The Bertz CT molecular complexity index is 720. The van der Waals surface area contributed by atoms with Gasteiger partial charge in [0.1, 0.15) is 6.10 Å². The van der Waals surface area contributed by atoms with E-state index >= 15 is 0 Å². The average molecular weight is 360 g/mol. The van der Waals surface area contributed by atoms with Gasteiger partial charge in [0.25, 0.3) is 0 Å². The Morgan fingerprint density at radius 3 is 2.81 bits per heavy atom. The summed E-state index contributed by atoms with van der Waals surface area (Å²) in [5, 5.41) is 27.7. The lowest BCUT2D eigenvalue weighted by atomic mass is 9.87. The van der Waals surface area contributed by atoms with Crippen LogP contribution in [-0.2, 0) is 19.6 Å². The van der Waals surface area contributed by atoms with Crippen LogP contribution in [0.1, 0.15) is 73.4 Å². The van der Waals surface area contributed by atoms with Gasteiger partial charge in [0.05, 0.1) is 30.2 Å². The Labute approximate surface area is 153 Å². The lowest BCUT2D eigenvalue weighted by Crippen LogP contribution is -2.22. The van der Waals surface area contributed by atoms with E-state index < -0.39 is 6.10 Å². The molecule has 2 N–H and O–H groups in total. The second kappa shape index (κ2) is 7.90. The molecule has 1 saturated carbocycles. The van der Waals surface area contributed by atoms with Crippen LogP contribution in [0.5, 0.6) is 0 Å². The van der Waals surface area contributed by atoms with Crippen LogP contribution < -0.4 is 0 Å². The van der Waals surface area contributed by atoms with Gasteiger partial charge in [-0.15, -0.1) is 0 Å². The van der Waals surface area contributed by atoms with Crippen LogP contribution in [0.2, 0.25) is 0 Å². The molecule has 7 heteroatoms. The molecule has 1 unspecified atom stereocenters. The molecule has 2 aromatic heterocycles. The van der Waals surface area contributed by atoms with Gasteiger partial charge in [0.15, 0.2) is 5.76 Å². The van der Waals surface area contributed by atoms with Gasteiger partial charge in [-0.1, -0.05) is 24.4 Å². The third-order valence-corrected chi connectivity index (χ3v) is 5.61. The fourth-order valence-electron chi connectivity index (χ4n) is 4.16. The van der Waals surface area contributed by atoms with Gasteiger partial charge in [-0.25, -0.2) is 0 Å². The van der Waals surface area contributed by atoms with Gasteiger partial charge in [-0.3, -0.25) is 9.58 Å². The Hall–Kier alpha value is -1.70. The third-order valence-electron chi connectivity index (χ3n) is 5.61. The first-order valence-corrected chi connectivity index (χ1v) is 9.76. The van der Waals surface area contributed by atoms with Crippen LogP contribution in [0.15, 0.2) is 16.7 Å². The second-order valence-corrected chi connectivity index (χ2v) is 7.60. The van der Waals surface area contributed by atoms with Crippen molar-refractivity contribution in [2.24, 2.45) is 0 Å². The van der Waals surface area contributed by atoms with E-state index in [2.05, 4.69) is 21.2 Å². The van der Waals surface area contributed by atoms with E-state index in [1.54, 1.807) is 0 Å². The van der Waals surface area contributed by atoms with Gasteiger partial charge in [-0.2, -0.15) is 5.10 Å². The standard InChI is InChI=1S/C19H28N4O3/c24-13-19(25)18-9-15-11-22(7-4-8-23(15)20-18)12-16-10-17(21-26-16)14-5-2-1-3-6-14/h9-10,14,19,24-25H,1-8,11-13H2. The monoisotopic (exact) mass is 360 g/mol. The quantitative estimate of drug-likeness (QED) is 0.851. The van der Waals surface area contributed by atoms with E-state index in [9.17, 15) is 5.11 Å². The third kappa shape index (κ3) is 3.84. The van der Waals surface area contributed by atoms with E-state index in [0.29, 0.717) is 11.6 Å². The number of aliphatic hydroxyl groups is 2. The molecule has 0 bridgehead atoms. The largest absolute Gasteiger partial charge is 0.393 e.